The van der Waals surface area contributed by atoms with Crippen LogP contribution in [-0.4, -0.2) is 85.8 Å². The van der Waals surface area contributed by atoms with Crippen LogP contribution in [0.3, 0.4) is 0 Å². The first-order valence-electron chi connectivity index (χ1n) is 19.9. The molecular weight excluding hydrogens is 715 g/mol. The third-order valence-electron chi connectivity index (χ3n) is 9.18. The van der Waals surface area contributed by atoms with Crippen LogP contribution in [0.4, 0.5) is 0 Å². The van der Waals surface area contributed by atoms with Gasteiger partial charge in [-0.05, 0) is 39.5 Å². The van der Waals surface area contributed by atoms with E-state index in [1.807, 2.05) is 13.8 Å². The van der Waals surface area contributed by atoms with Crippen LogP contribution < -0.4 is 5.32 Å². The SMILES string of the molecule is CCCCCCCCCCCCCC(=O)C[C@H](C(=O)N[C@H](CCC(=O)C[C@H](CSC[C@H](CC(=O)OC(C)(C)C)C(=O)OC)C(=O)OC)C(=O)OC)C(C)C. The fraction of sp³-hybridized carbons (Fsp3) is 0.829. The first-order chi connectivity index (χ1) is 25.5. The number of thioether (sulfide) groups is 1. The lowest BCUT2D eigenvalue weighted by atomic mass is 9.88. The van der Waals surface area contributed by atoms with Crippen LogP contribution in [-0.2, 0) is 52.5 Å². The quantitative estimate of drug-likeness (QED) is 0.0422. The highest BCUT2D eigenvalue weighted by atomic mass is 32.2. The minimum absolute atomic E-state index is 0.0130. The molecule has 0 aliphatic rings. The molecule has 1 N–H and O–H groups in total. The van der Waals surface area contributed by atoms with Crippen molar-refractivity contribution in [1.82, 2.24) is 5.32 Å². The van der Waals surface area contributed by atoms with E-state index in [-0.39, 0.29) is 61.1 Å². The smallest absolute Gasteiger partial charge is 0.328 e. The standard InChI is InChI=1S/C41H71NO11S/c1-10-11-12-13-14-15-16-17-18-19-20-21-32(43)26-34(29(2)3)37(46)42-35(40(49)52-9)23-22-33(44)24-30(38(47)50-7)27-54-28-31(39(48)51-8)25-36(45)53-41(4,5)6/h29-31,34-35H,10-28H2,1-9H3,(H,42,46)/t30-,31+,34+,35-/m1/s1. The van der Waals surface area contributed by atoms with Crippen molar-refractivity contribution in [1.29, 1.82) is 0 Å². The predicted molar refractivity (Wildman–Crippen MR) is 211 cm³/mol. The number of rotatable bonds is 31. The van der Waals surface area contributed by atoms with Crippen LogP contribution in [0, 0.1) is 23.7 Å². The average molecular weight is 786 g/mol. The van der Waals surface area contributed by atoms with E-state index in [9.17, 15) is 33.6 Å². The summed E-state index contributed by atoms with van der Waals surface area (Å²) in [6, 6.07) is -1.12. The van der Waals surface area contributed by atoms with E-state index in [1.165, 1.54) is 84.5 Å². The van der Waals surface area contributed by atoms with Gasteiger partial charge in [-0.2, -0.15) is 11.8 Å². The van der Waals surface area contributed by atoms with Crippen LogP contribution in [0.2, 0.25) is 0 Å². The summed E-state index contributed by atoms with van der Waals surface area (Å²) in [6.45, 7) is 11.1. The van der Waals surface area contributed by atoms with Crippen molar-refractivity contribution in [3.05, 3.63) is 0 Å². The van der Waals surface area contributed by atoms with E-state index >= 15 is 0 Å². The summed E-state index contributed by atoms with van der Waals surface area (Å²) in [7, 11) is 3.62. The molecule has 0 aromatic carbocycles. The van der Waals surface area contributed by atoms with Crippen LogP contribution in [0.1, 0.15) is 151 Å². The molecule has 54 heavy (non-hydrogen) atoms. The monoisotopic (exact) mass is 785 g/mol. The molecule has 0 unspecified atom stereocenters. The number of nitrogens with one attached hydrogen (secondary N) is 1. The van der Waals surface area contributed by atoms with Gasteiger partial charge in [0.15, 0.2) is 0 Å². The Bertz CT molecular complexity index is 1150. The second kappa shape index (κ2) is 29.3. The van der Waals surface area contributed by atoms with Crippen molar-refractivity contribution in [2.24, 2.45) is 23.7 Å². The second-order valence-electron chi connectivity index (χ2n) is 15.5. The number of amides is 1. The molecule has 0 aliphatic carbocycles. The summed E-state index contributed by atoms with van der Waals surface area (Å²) in [5, 5.41) is 2.71. The molecule has 0 rings (SSSR count). The highest BCUT2D eigenvalue weighted by Crippen LogP contribution is 2.23. The Morgan fingerprint density at radius 2 is 1.07 bits per heavy atom. The molecule has 0 aromatic heterocycles. The van der Waals surface area contributed by atoms with Crippen molar-refractivity contribution in [3.63, 3.8) is 0 Å². The van der Waals surface area contributed by atoms with Gasteiger partial charge < -0.3 is 24.3 Å². The van der Waals surface area contributed by atoms with Crippen molar-refractivity contribution in [3.8, 4) is 0 Å². The van der Waals surface area contributed by atoms with E-state index in [0.29, 0.717) is 6.42 Å². The molecule has 0 fully saturated rings. The number of ketones is 2. The highest BCUT2D eigenvalue weighted by Gasteiger charge is 2.32. The van der Waals surface area contributed by atoms with Gasteiger partial charge in [0.1, 0.15) is 23.2 Å². The van der Waals surface area contributed by atoms with Gasteiger partial charge in [-0.25, -0.2) is 4.79 Å². The molecule has 0 spiro atoms. The summed E-state index contributed by atoms with van der Waals surface area (Å²) in [4.78, 5) is 89.2. The molecule has 0 aliphatic heterocycles. The number of hydrogen-bond acceptors (Lipinski definition) is 12. The van der Waals surface area contributed by atoms with E-state index < -0.39 is 59.2 Å². The lowest BCUT2D eigenvalue weighted by Crippen LogP contribution is -2.46. The normalized spacial score (nSPS) is 13.7. The molecule has 312 valence electrons. The summed E-state index contributed by atoms with van der Waals surface area (Å²) in [5.74, 6) is -5.46. The largest absolute Gasteiger partial charge is 0.469 e. The first kappa shape index (κ1) is 51.0. The molecule has 0 aromatic rings. The molecule has 1 amide bonds. The number of hydrogen-bond donors (Lipinski definition) is 1. The van der Waals surface area contributed by atoms with Gasteiger partial charge in [-0.1, -0.05) is 85.0 Å². The summed E-state index contributed by atoms with van der Waals surface area (Å²) in [6.07, 6.45) is 12.9. The Morgan fingerprint density at radius 3 is 1.54 bits per heavy atom. The minimum atomic E-state index is -1.12. The molecule has 0 heterocycles. The van der Waals surface area contributed by atoms with Crippen molar-refractivity contribution >= 4 is 53.1 Å². The van der Waals surface area contributed by atoms with Crippen LogP contribution >= 0.6 is 11.8 Å². The third kappa shape index (κ3) is 24.4. The van der Waals surface area contributed by atoms with Crippen molar-refractivity contribution in [2.75, 3.05) is 32.8 Å². The zero-order valence-electron chi connectivity index (χ0n) is 34.7. The Labute approximate surface area is 329 Å². The summed E-state index contributed by atoms with van der Waals surface area (Å²) in [5.41, 5.74) is -0.724. The van der Waals surface area contributed by atoms with Crippen LogP contribution in [0.25, 0.3) is 0 Å². The minimum Gasteiger partial charge on any atom is -0.469 e. The van der Waals surface area contributed by atoms with Gasteiger partial charge in [-0.15, -0.1) is 0 Å². The Balaban J connectivity index is 5.09. The number of carbonyl (C=O) groups is 7. The second-order valence-corrected chi connectivity index (χ2v) is 16.6. The molecule has 0 saturated heterocycles. The number of ether oxygens (including phenoxy) is 4. The van der Waals surface area contributed by atoms with Crippen molar-refractivity contribution in [2.45, 2.75) is 162 Å². The maximum Gasteiger partial charge on any atom is 0.328 e. The van der Waals surface area contributed by atoms with Crippen molar-refractivity contribution < 1.29 is 52.5 Å². The number of methoxy groups -OCH3 is 3. The maximum atomic E-state index is 13.4. The maximum absolute atomic E-state index is 13.4. The topological polar surface area (TPSA) is 168 Å². The number of Topliss-reactive ketones (excluding diaryl/α,β-unsaturated/α-hetero) is 2. The van der Waals surface area contributed by atoms with E-state index in [4.69, 9.17) is 18.9 Å². The van der Waals surface area contributed by atoms with Gasteiger partial charge >= 0.3 is 23.9 Å². The van der Waals surface area contributed by atoms with E-state index in [1.54, 1.807) is 20.8 Å². The zero-order chi connectivity index (χ0) is 41.1. The Kier molecular flexibility index (Phi) is 27.7. The molecule has 0 radical (unpaired) electrons. The van der Waals surface area contributed by atoms with Crippen LogP contribution in [0.5, 0.6) is 0 Å². The Hall–Kier alpha value is -2.96. The molecular formula is C41H71NO11S. The van der Waals surface area contributed by atoms with E-state index in [2.05, 4.69) is 12.2 Å². The zero-order valence-corrected chi connectivity index (χ0v) is 35.5. The van der Waals surface area contributed by atoms with Gasteiger partial charge in [0.25, 0.3) is 0 Å². The molecule has 4 atom stereocenters. The average Bonchev–Trinajstić information content (AvgIpc) is 3.11. The molecule has 0 saturated carbocycles. The van der Waals surface area contributed by atoms with Gasteiger partial charge in [-0.3, -0.25) is 28.8 Å². The summed E-state index contributed by atoms with van der Waals surface area (Å²) < 4.78 is 20.0. The lowest BCUT2D eigenvalue weighted by molar-refractivity contribution is -0.160. The number of esters is 4. The number of carbonyl (C=O) groups excluding carboxylic acids is 7. The lowest BCUT2D eigenvalue weighted by Gasteiger charge is -2.23. The predicted octanol–water partition coefficient (Wildman–Crippen LogP) is 7.36. The third-order valence-corrected chi connectivity index (χ3v) is 10.5. The number of unbranched alkanes of at least 4 members (excludes halogenated alkanes) is 10. The van der Waals surface area contributed by atoms with E-state index in [0.717, 1.165) is 19.3 Å². The molecule has 13 heteroatoms. The van der Waals surface area contributed by atoms with Crippen LogP contribution in [0.15, 0.2) is 0 Å². The first-order valence-corrected chi connectivity index (χ1v) is 21.0. The summed E-state index contributed by atoms with van der Waals surface area (Å²) >= 11 is 1.20. The fourth-order valence-electron chi connectivity index (χ4n) is 6.01. The van der Waals surface area contributed by atoms with Gasteiger partial charge in [0, 0.05) is 43.1 Å². The van der Waals surface area contributed by atoms with Gasteiger partial charge in [0.2, 0.25) is 5.91 Å². The fourth-order valence-corrected chi connectivity index (χ4v) is 7.22. The molecule has 0 bridgehead atoms. The van der Waals surface area contributed by atoms with Gasteiger partial charge in [0.05, 0.1) is 39.6 Å². The highest BCUT2D eigenvalue weighted by molar-refractivity contribution is 7.99. The Morgan fingerprint density at radius 1 is 0.611 bits per heavy atom. The molecule has 12 nitrogen and oxygen atoms in total.